The second-order valence-corrected chi connectivity index (χ2v) is 3.73. The van der Waals surface area contributed by atoms with Gasteiger partial charge < -0.3 is 21.5 Å². The summed E-state index contributed by atoms with van der Waals surface area (Å²) >= 11 is 4.89. The van der Waals surface area contributed by atoms with Crippen molar-refractivity contribution >= 4 is 28.9 Å². The van der Waals surface area contributed by atoms with Gasteiger partial charge in [0, 0.05) is 7.05 Å². The topological polar surface area (TPSA) is 111 Å². The summed E-state index contributed by atoms with van der Waals surface area (Å²) in [4.78, 5) is 10.8. The summed E-state index contributed by atoms with van der Waals surface area (Å²) < 4.78 is 0. The molecule has 1 amide bonds. The number of phenolic OH excluding ortho intramolecular Hbond substituents is 1. The highest BCUT2D eigenvalue weighted by atomic mass is 32.1. The normalized spacial score (nSPS) is 11.6. The van der Waals surface area contributed by atoms with E-state index < -0.39 is 11.9 Å². The van der Waals surface area contributed by atoms with Crippen molar-refractivity contribution in [2.75, 3.05) is 12.4 Å². The van der Waals surface area contributed by atoms with Crippen molar-refractivity contribution in [3.63, 3.8) is 0 Å². The molecule has 7 heteroatoms. The summed E-state index contributed by atoms with van der Waals surface area (Å²) in [7, 11) is 1.63. The highest BCUT2D eigenvalue weighted by Gasteiger charge is 2.14. The van der Waals surface area contributed by atoms with Crippen molar-refractivity contribution in [1.29, 1.82) is 0 Å². The van der Waals surface area contributed by atoms with Gasteiger partial charge in [0.2, 0.25) is 0 Å². The quantitative estimate of drug-likeness (QED) is 0.449. The maximum Gasteiger partial charge on any atom is 0.259 e. The Morgan fingerprint density at radius 2 is 2.24 bits per heavy atom. The lowest BCUT2D eigenvalue weighted by molar-refractivity contribution is -0.120. The molecule has 1 unspecified atom stereocenters. The van der Waals surface area contributed by atoms with Crippen molar-refractivity contribution in [1.82, 2.24) is 11.1 Å². The molecule has 91 valence electrons. The predicted octanol–water partition coefficient (Wildman–Crippen LogP) is 0.118. The Hall–Kier alpha value is -1.86. The van der Waals surface area contributed by atoms with Gasteiger partial charge in [0.1, 0.15) is 11.8 Å². The van der Waals surface area contributed by atoms with E-state index >= 15 is 0 Å². The maximum atomic E-state index is 10.8. The molecule has 0 spiro atoms. The molecule has 1 atom stereocenters. The van der Waals surface area contributed by atoms with Crippen LogP contribution >= 0.6 is 12.2 Å². The number of phenols is 1. The van der Waals surface area contributed by atoms with Crippen LogP contribution in [0.1, 0.15) is 11.6 Å². The Labute approximate surface area is 104 Å². The molecule has 0 saturated carbocycles. The fraction of sp³-hybridized carbons (Fsp3) is 0.200. The molecule has 6 N–H and O–H groups in total. The average Bonchev–Trinajstić information content (AvgIpc) is 2.30. The third-order valence-corrected chi connectivity index (χ3v) is 2.44. The lowest BCUT2D eigenvalue weighted by Crippen LogP contribution is -2.25. The number of anilines is 1. The van der Waals surface area contributed by atoms with E-state index in [2.05, 4.69) is 10.6 Å². The highest BCUT2D eigenvalue weighted by molar-refractivity contribution is 7.80. The molecule has 1 rings (SSSR count). The first-order valence-corrected chi connectivity index (χ1v) is 5.19. The predicted molar refractivity (Wildman–Crippen MR) is 68.4 cm³/mol. The van der Waals surface area contributed by atoms with Gasteiger partial charge in [-0.15, -0.1) is 0 Å². The van der Waals surface area contributed by atoms with Crippen LogP contribution in [0.15, 0.2) is 18.2 Å². The minimum atomic E-state index is -1.03. The van der Waals surface area contributed by atoms with E-state index in [-0.39, 0.29) is 5.75 Å². The van der Waals surface area contributed by atoms with Crippen LogP contribution in [0.3, 0.4) is 0 Å². The molecule has 17 heavy (non-hydrogen) atoms. The van der Waals surface area contributed by atoms with Crippen molar-refractivity contribution < 1.29 is 9.90 Å². The third kappa shape index (κ3) is 3.30. The number of amides is 1. The van der Waals surface area contributed by atoms with Crippen LogP contribution in [0, 0.1) is 0 Å². The molecule has 0 aliphatic rings. The molecule has 0 bridgehead atoms. The first kappa shape index (κ1) is 13.2. The van der Waals surface area contributed by atoms with E-state index in [9.17, 15) is 9.90 Å². The minimum Gasteiger partial charge on any atom is -0.506 e. The molecule has 0 heterocycles. The highest BCUT2D eigenvalue weighted by Crippen LogP contribution is 2.26. The smallest absolute Gasteiger partial charge is 0.259 e. The Kier molecular flexibility index (Phi) is 4.24. The van der Waals surface area contributed by atoms with E-state index in [1.54, 1.807) is 7.05 Å². The summed E-state index contributed by atoms with van der Waals surface area (Å²) in [6, 6.07) is 3.33. The molecule has 1 aromatic carbocycles. The molecule has 1 aromatic rings. The van der Waals surface area contributed by atoms with E-state index in [4.69, 9.17) is 23.7 Å². The van der Waals surface area contributed by atoms with Crippen LogP contribution in [0.25, 0.3) is 0 Å². The molecule has 0 aromatic heterocycles. The second-order valence-electron chi connectivity index (χ2n) is 3.32. The first-order chi connectivity index (χ1) is 7.95. The number of hydrogen-bond donors (Lipinski definition) is 4. The summed E-state index contributed by atoms with van der Waals surface area (Å²) in [5, 5.41) is 15.3. The van der Waals surface area contributed by atoms with Crippen molar-refractivity contribution in [3.05, 3.63) is 23.8 Å². The Bertz CT molecular complexity index is 450. The minimum absolute atomic E-state index is 0.0176. The molecular formula is C10H13N4O2S. The molecule has 1 radical (unpaired) electrons. The Balaban J connectivity index is 3.02. The summed E-state index contributed by atoms with van der Waals surface area (Å²) in [6.07, 6.45) is 0. The van der Waals surface area contributed by atoms with Gasteiger partial charge >= 0.3 is 0 Å². The van der Waals surface area contributed by atoms with E-state index in [1.165, 1.54) is 18.2 Å². The second kappa shape index (κ2) is 5.46. The van der Waals surface area contributed by atoms with Gasteiger partial charge in [-0.05, 0) is 29.9 Å². The third-order valence-electron chi connectivity index (χ3n) is 2.14. The van der Waals surface area contributed by atoms with Gasteiger partial charge in [-0.1, -0.05) is 6.07 Å². The molecule has 0 saturated heterocycles. The zero-order chi connectivity index (χ0) is 13.0. The summed E-state index contributed by atoms with van der Waals surface area (Å²) in [5.74, 6) is -0.909. The van der Waals surface area contributed by atoms with Crippen LogP contribution in [0.4, 0.5) is 5.69 Å². The first-order valence-electron chi connectivity index (χ1n) is 4.78. The van der Waals surface area contributed by atoms with Crippen molar-refractivity contribution in [2.45, 2.75) is 6.04 Å². The maximum absolute atomic E-state index is 10.8. The Morgan fingerprint density at radius 3 is 2.76 bits per heavy atom. The van der Waals surface area contributed by atoms with E-state index in [0.29, 0.717) is 16.4 Å². The van der Waals surface area contributed by atoms with Crippen LogP contribution in [-0.2, 0) is 4.79 Å². The number of rotatable bonds is 3. The molecule has 0 fully saturated rings. The number of carbonyl (C=O) groups excluding carboxylic acids is 1. The number of carbonyl (C=O) groups is 1. The van der Waals surface area contributed by atoms with Crippen LogP contribution < -0.4 is 22.1 Å². The SMILES string of the molecule is CNC(=S)Nc1cc(C(N)C([NH])=O)ccc1O. The molecule has 6 nitrogen and oxygen atoms in total. The molecular weight excluding hydrogens is 240 g/mol. The molecule has 0 aliphatic carbocycles. The standard InChI is InChI=1S/C10H13N4O2S/c1-13-10(17)14-6-4-5(2-3-7(6)15)8(11)9(12)16/h2-4,8,12,15H,11H2,1H3,(H2,13,14,17). The zero-order valence-electron chi connectivity index (χ0n) is 9.15. The lowest BCUT2D eigenvalue weighted by Gasteiger charge is -2.12. The summed E-state index contributed by atoms with van der Waals surface area (Å²) in [5.41, 5.74) is 13.2. The average molecular weight is 253 g/mol. The fourth-order valence-electron chi connectivity index (χ4n) is 1.18. The zero-order valence-corrected chi connectivity index (χ0v) is 9.97. The number of benzene rings is 1. The van der Waals surface area contributed by atoms with Gasteiger partial charge in [-0.3, -0.25) is 10.5 Å². The Morgan fingerprint density at radius 1 is 1.59 bits per heavy atom. The monoisotopic (exact) mass is 253 g/mol. The van der Waals surface area contributed by atoms with Crippen molar-refractivity contribution in [2.24, 2.45) is 5.73 Å². The van der Waals surface area contributed by atoms with Gasteiger partial charge in [0.15, 0.2) is 5.11 Å². The number of nitrogens with two attached hydrogens (primary N) is 1. The lowest BCUT2D eigenvalue weighted by atomic mass is 10.1. The summed E-state index contributed by atoms with van der Waals surface area (Å²) in [6.45, 7) is 0. The number of nitrogens with one attached hydrogen (secondary N) is 3. The van der Waals surface area contributed by atoms with Crippen LogP contribution in [0.2, 0.25) is 0 Å². The van der Waals surface area contributed by atoms with Gasteiger partial charge in [-0.25, -0.2) is 0 Å². The van der Waals surface area contributed by atoms with Crippen molar-refractivity contribution in [3.8, 4) is 5.75 Å². The van der Waals surface area contributed by atoms with Gasteiger partial charge in [0.05, 0.1) is 5.69 Å². The molecule has 0 aliphatic heterocycles. The largest absolute Gasteiger partial charge is 0.506 e. The van der Waals surface area contributed by atoms with E-state index in [1.807, 2.05) is 0 Å². The number of hydrogen-bond acceptors (Lipinski definition) is 4. The fourth-order valence-corrected chi connectivity index (χ4v) is 1.29. The van der Waals surface area contributed by atoms with Crippen LogP contribution in [-0.4, -0.2) is 23.2 Å². The van der Waals surface area contributed by atoms with Gasteiger partial charge in [-0.2, -0.15) is 0 Å². The van der Waals surface area contributed by atoms with Crippen LogP contribution in [0.5, 0.6) is 5.75 Å². The number of thiocarbonyl (C=S) groups is 1. The van der Waals surface area contributed by atoms with Gasteiger partial charge in [0.25, 0.3) is 5.91 Å². The van der Waals surface area contributed by atoms with E-state index in [0.717, 1.165) is 0 Å². The number of aromatic hydroxyl groups is 1.